The molecule has 0 aromatic heterocycles. The van der Waals surface area contributed by atoms with E-state index < -0.39 is 22.9 Å². The van der Waals surface area contributed by atoms with Crippen LogP contribution in [0.5, 0.6) is 5.75 Å². The monoisotopic (exact) mass is 412 g/mol. The molecule has 5 nitrogen and oxygen atoms in total. The molecule has 2 amide bonds. The van der Waals surface area contributed by atoms with Crippen LogP contribution in [0.1, 0.15) is 5.56 Å². The smallest absolute Gasteiger partial charge is 0.429 e. The maximum atomic E-state index is 13.1. The average molecular weight is 413 g/mol. The summed E-state index contributed by atoms with van der Waals surface area (Å²) in [6.45, 7) is 0.169. The summed E-state index contributed by atoms with van der Waals surface area (Å²) in [4.78, 5) is 12.8. The number of carbonyl (C=O) groups excluding carboxylic acids is 1. The van der Waals surface area contributed by atoms with Crippen LogP contribution in [-0.2, 0) is 6.61 Å². The van der Waals surface area contributed by atoms with E-state index in [0.717, 1.165) is 12.6 Å². The number of ether oxygens (including phenoxy) is 1. The summed E-state index contributed by atoms with van der Waals surface area (Å²) >= 11 is 6.10. The Kier molecular flexibility index (Phi) is 5.38. The van der Waals surface area contributed by atoms with E-state index in [0.29, 0.717) is 17.2 Å². The fourth-order valence-corrected chi connectivity index (χ4v) is 2.99. The van der Waals surface area contributed by atoms with Gasteiger partial charge in [-0.25, -0.2) is 9.44 Å². The molecular weight excluding hydrogens is 397 g/mol. The number of urea groups is 1. The quantitative estimate of drug-likeness (QED) is 0.510. The highest BCUT2D eigenvalue weighted by Gasteiger charge is 2.50. The van der Waals surface area contributed by atoms with Gasteiger partial charge >= 0.3 is 12.2 Å². The van der Waals surface area contributed by atoms with Gasteiger partial charge in [0.05, 0.1) is 5.02 Å². The first-order chi connectivity index (χ1) is 13.1. The number of halogens is 4. The third kappa shape index (κ3) is 3.84. The summed E-state index contributed by atoms with van der Waals surface area (Å²) in [5, 5.41) is 13.3. The van der Waals surface area contributed by atoms with Gasteiger partial charge in [-0.05, 0) is 11.6 Å². The van der Waals surface area contributed by atoms with E-state index >= 15 is 0 Å². The Balaban J connectivity index is 1.90. The number of hydrogen-bond donors (Lipinski definition) is 0. The van der Waals surface area contributed by atoms with Crippen molar-refractivity contribution in [2.45, 2.75) is 18.8 Å². The molecular formula is C19H16ClF3N2O3. The molecule has 0 saturated carbocycles. The van der Waals surface area contributed by atoms with Gasteiger partial charge in [-0.2, -0.15) is 13.2 Å². The van der Waals surface area contributed by atoms with Crippen molar-refractivity contribution in [1.29, 1.82) is 0 Å². The molecule has 0 N–H and O–H groups in total. The predicted octanol–water partition coefficient (Wildman–Crippen LogP) is 5.23. The molecule has 0 fully saturated rings. The molecule has 0 bridgehead atoms. The number of likely N-dealkylation sites (N-methyl/N-ethyl adjacent to an activating group) is 1. The number of rotatable bonds is 4. The molecule has 9 heteroatoms. The maximum absolute atomic E-state index is 13.1. The molecule has 1 heterocycles. The first kappa shape index (κ1) is 20.2. The second kappa shape index (κ2) is 7.46. The summed E-state index contributed by atoms with van der Waals surface area (Å²) in [5.74, 6) is 0.151. The van der Waals surface area contributed by atoms with Crippen LogP contribution in [0.15, 0.2) is 60.8 Å². The number of alkyl halides is 3. The van der Waals surface area contributed by atoms with Crippen molar-refractivity contribution < 1.29 is 22.7 Å². The standard InChI is InChI=1S/C19H16ClF3N2O3/c1-24-17(19(21,22)23)9-10-25(27,18(24)26)14-7-8-15(20)16(11-14)28-12-13-5-3-2-4-6-13/h2-11,17H,12H2,1H3. The predicted molar refractivity (Wildman–Crippen MR) is 99.5 cm³/mol. The lowest BCUT2D eigenvalue weighted by Crippen LogP contribution is -2.59. The number of hydrogen-bond acceptors (Lipinski definition) is 3. The van der Waals surface area contributed by atoms with Crippen molar-refractivity contribution >= 4 is 23.3 Å². The number of hydroxylamine groups is 2. The molecule has 2 aromatic carbocycles. The lowest BCUT2D eigenvalue weighted by Gasteiger charge is -2.43. The highest BCUT2D eigenvalue weighted by molar-refractivity contribution is 6.32. The molecule has 1 aliphatic heterocycles. The van der Waals surface area contributed by atoms with Crippen LogP contribution in [0, 0.1) is 5.21 Å². The number of quaternary nitrogens is 1. The van der Waals surface area contributed by atoms with Crippen molar-refractivity contribution in [1.82, 2.24) is 9.55 Å². The molecule has 0 saturated heterocycles. The Morgan fingerprint density at radius 2 is 1.89 bits per heavy atom. The number of amides is 2. The molecule has 2 aromatic rings. The lowest BCUT2D eigenvalue weighted by atomic mass is 10.2. The number of nitrogens with zero attached hydrogens (tertiary/aromatic N) is 2. The normalized spacial score (nSPS) is 22.4. The van der Waals surface area contributed by atoms with Crippen LogP contribution in [0.25, 0.3) is 0 Å². The minimum absolute atomic E-state index is 0.110. The van der Waals surface area contributed by atoms with E-state index in [2.05, 4.69) is 0 Å². The van der Waals surface area contributed by atoms with Gasteiger partial charge in [0.1, 0.15) is 24.2 Å². The van der Waals surface area contributed by atoms with Crippen LogP contribution in [-0.4, -0.2) is 30.2 Å². The molecule has 148 valence electrons. The fraction of sp³-hybridized carbons (Fsp3) is 0.211. The second-order valence-electron chi connectivity index (χ2n) is 6.27. The molecule has 0 aliphatic carbocycles. The summed E-state index contributed by atoms with van der Waals surface area (Å²) in [6, 6.07) is 9.69. The van der Waals surface area contributed by atoms with Gasteiger partial charge in [0.15, 0.2) is 6.04 Å². The molecule has 0 radical (unpaired) electrons. The van der Waals surface area contributed by atoms with Gasteiger partial charge in [-0.15, -0.1) is 0 Å². The molecule has 3 rings (SSSR count). The van der Waals surface area contributed by atoms with Gasteiger partial charge in [0.25, 0.3) is 0 Å². The van der Waals surface area contributed by atoms with E-state index in [9.17, 15) is 23.2 Å². The molecule has 28 heavy (non-hydrogen) atoms. The van der Waals surface area contributed by atoms with Crippen molar-refractivity contribution in [3.63, 3.8) is 0 Å². The Hall–Kier alpha value is -2.55. The molecule has 2 unspecified atom stereocenters. The minimum Gasteiger partial charge on any atom is -0.613 e. The Morgan fingerprint density at radius 3 is 2.54 bits per heavy atom. The number of benzene rings is 2. The van der Waals surface area contributed by atoms with E-state index in [1.807, 2.05) is 30.3 Å². The lowest BCUT2D eigenvalue weighted by molar-refractivity contribution is -0.162. The van der Waals surface area contributed by atoms with Crippen LogP contribution in [0.3, 0.4) is 0 Å². The molecule has 1 aliphatic rings. The van der Waals surface area contributed by atoms with Crippen LogP contribution >= 0.6 is 11.6 Å². The van der Waals surface area contributed by atoms with Crippen molar-refractivity contribution in [2.75, 3.05) is 7.05 Å². The Labute approximate surface area is 164 Å². The molecule has 2 atom stereocenters. The Bertz CT molecular complexity index is 905. The largest absolute Gasteiger partial charge is 0.613 e. The SMILES string of the molecule is CN1C(=O)[N+]([O-])(c2ccc(Cl)c(OCc3ccccc3)c2)C=CC1C(F)(F)F. The van der Waals surface area contributed by atoms with Gasteiger partial charge in [-0.1, -0.05) is 41.9 Å². The van der Waals surface area contributed by atoms with E-state index in [4.69, 9.17) is 16.3 Å². The third-order valence-corrected chi connectivity index (χ3v) is 4.66. The minimum atomic E-state index is -4.67. The second-order valence-corrected chi connectivity index (χ2v) is 6.68. The summed E-state index contributed by atoms with van der Waals surface area (Å²) in [6.07, 6.45) is -3.31. The summed E-state index contributed by atoms with van der Waals surface area (Å²) in [7, 11) is 0.942. The van der Waals surface area contributed by atoms with Crippen molar-refractivity contribution in [2.24, 2.45) is 0 Å². The third-order valence-electron chi connectivity index (χ3n) is 4.35. The van der Waals surface area contributed by atoms with E-state index in [1.165, 1.54) is 18.2 Å². The zero-order valence-corrected chi connectivity index (χ0v) is 15.4. The average Bonchev–Trinajstić information content (AvgIpc) is 2.65. The van der Waals surface area contributed by atoms with E-state index in [1.54, 1.807) is 0 Å². The van der Waals surface area contributed by atoms with Crippen molar-refractivity contribution in [3.05, 3.63) is 76.6 Å². The fourth-order valence-electron chi connectivity index (χ4n) is 2.82. The zero-order chi connectivity index (χ0) is 20.5. The maximum Gasteiger partial charge on any atom is 0.429 e. The highest BCUT2D eigenvalue weighted by atomic mass is 35.5. The first-order valence-corrected chi connectivity index (χ1v) is 8.61. The van der Waals surface area contributed by atoms with Gasteiger partial charge < -0.3 is 9.94 Å². The molecule has 0 spiro atoms. The van der Waals surface area contributed by atoms with Crippen LogP contribution in [0.2, 0.25) is 5.02 Å². The first-order valence-electron chi connectivity index (χ1n) is 8.23. The van der Waals surface area contributed by atoms with Gasteiger partial charge in [-0.3, -0.25) is 4.90 Å². The van der Waals surface area contributed by atoms with Gasteiger partial charge in [0, 0.05) is 25.3 Å². The number of carbonyl (C=O) groups is 1. The highest BCUT2D eigenvalue weighted by Crippen LogP contribution is 2.38. The van der Waals surface area contributed by atoms with Crippen LogP contribution in [0.4, 0.5) is 23.7 Å². The Morgan fingerprint density at radius 1 is 1.21 bits per heavy atom. The van der Waals surface area contributed by atoms with Crippen LogP contribution < -0.4 is 9.38 Å². The van der Waals surface area contributed by atoms with Crippen molar-refractivity contribution in [3.8, 4) is 5.75 Å². The topological polar surface area (TPSA) is 52.6 Å². The van der Waals surface area contributed by atoms with E-state index in [-0.39, 0.29) is 23.1 Å². The zero-order valence-electron chi connectivity index (χ0n) is 14.7. The summed E-state index contributed by atoms with van der Waals surface area (Å²) < 4.78 is 42.9. The van der Waals surface area contributed by atoms with Gasteiger partial charge in [0.2, 0.25) is 0 Å². The summed E-state index contributed by atoms with van der Waals surface area (Å²) in [5.41, 5.74) is 0.748.